The van der Waals surface area contributed by atoms with Crippen LogP contribution in [0.3, 0.4) is 0 Å². The molecular weight excluding hydrogens is 1140 g/mol. The molecule has 7 nitrogen and oxygen atoms in total. The summed E-state index contributed by atoms with van der Waals surface area (Å²) in [5.41, 5.74) is 11.7. The minimum absolute atomic E-state index is 0. The average molecular weight is 1170 g/mol. The number of nitrogens with zero attached hydrogens (tertiary/aromatic N) is 5. The van der Waals surface area contributed by atoms with Crippen molar-refractivity contribution < 1.29 is 51.6 Å². The Morgan fingerprint density at radius 3 is 1.75 bits per heavy atom. The molecule has 4 aliphatic heterocycles. The van der Waals surface area contributed by atoms with Gasteiger partial charge in [-0.05, 0) is 70.1 Å². The van der Waals surface area contributed by atoms with Gasteiger partial charge in [-0.2, -0.15) is 51.3 Å². The number of ether oxygens (including phenoxy) is 2. The molecule has 4 aliphatic rings. The molecule has 0 saturated heterocycles. The Morgan fingerprint density at radius 1 is 0.517 bits per heavy atom. The largest absolute Gasteiger partial charge is 0.518 e. The van der Waals surface area contributed by atoms with E-state index in [1.54, 1.807) is 12.4 Å². The summed E-state index contributed by atoms with van der Waals surface area (Å²) in [4.78, 5) is 4.95. The van der Waals surface area contributed by atoms with Crippen molar-refractivity contribution in [2.75, 3.05) is 0 Å². The van der Waals surface area contributed by atoms with Gasteiger partial charge in [-0.3, -0.25) is 9.36 Å². The summed E-state index contributed by atoms with van der Waals surface area (Å²) in [5, 5.41) is 8.97. The molecule has 0 fully saturated rings. The quantitative estimate of drug-likeness (QED) is 0.167. The second-order valence-electron chi connectivity index (χ2n) is 14.6. The third kappa shape index (κ3) is 5.77. The van der Waals surface area contributed by atoms with Crippen LogP contribution in [-0.4, -0.2) is 37.6 Å². The van der Waals surface area contributed by atoms with Crippen LogP contribution in [0.2, 0.25) is 0 Å². The fraction of sp³-hybridized carbons (Fsp3) is 0.0213. The molecular formula is C47H23B2N5O2Pt2S2-6. The standard InChI is InChI=1S/C47H23B2N5O2S2.2Pt/c1-52-27-30(28-10-14-38-33(22-28)48-34-25-31(53-20-4-18-50-53)12-15-39(34)56-41-7-2-6-40(55-38)46(41)48)24-37(52)29-11-16-42-35(23-29)49-36-26-32(54-21-5-19-51-54)13-17-43(36)58-45-9-3-8-44(57-42)47(45)49;;/h2-21H,1H3;;/q-6;;. The topological polar surface area (TPSA) is 59.0 Å². The molecule has 0 N–H and O–H groups in total. The third-order valence-electron chi connectivity index (χ3n) is 11.3. The van der Waals surface area contributed by atoms with Gasteiger partial charge >= 0.3 is 0 Å². The van der Waals surface area contributed by atoms with Crippen molar-refractivity contribution in [3.63, 3.8) is 0 Å². The molecule has 0 spiro atoms. The Hall–Kier alpha value is -5.17. The minimum Gasteiger partial charge on any atom is -0.518 e. The van der Waals surface area contributed by atoms with E-state index in [4.69, 9.17) is 9.47 Å². The maximum absolute atomic E-state index is 6.51. The molecule has 0 saturated carbocycles. The summed E-state index contributed by atoms with van der Waals surface area (Å²) < 4.78 is 18.7. The average Bonchev–Trinajstić information content (AvgIpc) is 4.07. The number of aromatic nitrogens is 5. The molecule has 0 atom stereocenters. The van der Waals surface area contributed by atoms with Crippen LogP contribution in [0.5, 0.6) is 23.0 Å². The molecule has 0 amide bonds. The van der Waals surface area contributed by atoms with Crippen LogP contribution in [0.15, 0.2) is 141 Å². The van der Waals surface area contributed by atoms with Crippen LogP contribution in [0, 0.1) is 36.5 Å². The van der Waals surface area contributed by atoms with Crippen molar-refractivity contribution in [2.24, 2.45) is 7.05 Å². The molecule has 9 aromatic rings. The predicted molar refractivity (Wildman–Crippen MR) is 227 cm³/mol. The smallest absolute Gasteiger partial charge is 0.212 e. The number of hydrogen-bond acceptors (Lipinski definition) is 6. The Bertz CT molecular complexity index is 3160. The summed E-state index contributed by atoms with van der Waals surface area (Å²) in [5.74, 6) is 3.04. The van der Waals surface area contributed by atoms with Gasteiger partial charge in [0.2, 0.25) is 13.4 Å². The van der Waals surface area contributed by atoms with Gasteiger partial charge in [0.1, 0.15) is 11.5 Å². The van der Waals surface area contributed by atoms with Crippen LogP contribution in [0.4, 0.5) is 0 Å². The molecule has 0 bridgehead atoms. The van der Waals surface area contributed by atoms with Crippen molar-refractivity contribution in [2.45, 2.75) is 19.6 Å². The van der Waals surface area contributed by atoms with E-state index < -0.39 is 0 Å². The van der Waals surface area contributed by atoms with E-state index in [0.717, 1.165) is 84.1 Å². The van der Waals surface area contributed by atoms with Crippen LogP contribution in [0.1, 0.15) is 0 Å². The maximum atomic E-state index is 6.51. The number of benzene rings is 6. The summed E-state index contributed by atoms with van der Waals surface area (Å²) in [6.45, 7) is -0.230. The number of hydrogen-bond donors (Lipinski definition) is 0. The van der Waals surface area contributed by atoms with Gasteiger partial charge in [0.25, 0.3) is 0 Å². The predicted octanol–water partition coefficient (Wildman–Crippen LogP) is 5.70. The van der Waals surface area contributed by atoms with Crippen LogP contribution in [0.25, 0.3) is 33.8 Å². The Labute approximate surface area is 384 Å². The SMILES string of the molecule is Cn1[c-]c(-c2[c-]c3c(cc2)Oc2cccc4c2B3c2[c-]c(-n3cccn3)ccc2O4)[c-]c1-c1[c-]c2c(cc1)Sc1cccc3c1B2c1[c-]c(-n2cccn2)ccc1S3.[Pt].[Pt]. The first-order valence-corrected chi connectivity index (χ1v) is 20.5. The van der Waals surface area contributed by atoms with E-state index in [2.05, 4.69) is 89.2 Å². The third-order valence-corrected chi connectivity index (χ3v) is 13.6. The summed E-state index contributed by atoms with van der Waals surface area (Å²) >= 11 is 3.63. The van der Waals surface area contributed by atoms with Gasteiger partial charge in [-0.25, -0.2) is 18.3 Å². The van der Waals surface area contributed by atoms with Gasteiger partial charge in [-0.1, -0.05) is 17.0 Å². The number of fused-ring (bicyclic) bond motifs is 8. The molecule has 13 rings (SSSR count). The summed E-state index contributed by atoms with van der Waals surface area (Å²) in [7, 11) is 2.02. The van der Waals surface area contributed by atoms with Crippen LogP contribution >= 0.6 is 23.5 Å². The van der Waals surface area contributed by atoms with Gasteiger partial charge in [-0.15, -0.1) is 81.1 Å². The number of rotatable bonds is 4. The van der Waals surface area contributed by atoms with Crippen molar-refractivity contribution >= 4 is 69.7 Å². The second kappa shape index (κ2) is 14.5. The molecule has 0 aliphatic carbocycles. The Morgan fingerprint density at radius 2 is 1.07 bits per heavy atom. The van der Waals surface area contributed by atoms with Crippen molar-refractivity contribution in [1.82, 2.24) is 24.1 Å². The molecule has 0 unspecified atom stereocenters. The zero-order valence-electron chi connectivity index (χ0n) is 31.2. The normalized spacial score (nSPS) is 13.2. The zero-order valence-corrected chi connectivity index (χ0v) is 37.4. The summed E-state index contributed by atoms with van der Waals surface area (Å²) in [6.07, 6.45) is 11.0. The van der Waals surface area contributed by atoms with Crippen molar-refractivity contribution in [1.29, 1.82) is 0 Å². The minimum atomic E-state index is -0.209. The molecule has 6 aromatic carbocycles. The monoisotopic (exact) mass is 1170 g/mol. The molecule has 60 heavy (non-hydrogen) atoms. The summed E-state index contributed by atoms with van der Waals surface area (Å²) in [6, 6.07) is 51.9. The first-order chi connectivity index (χ1) is 28.6. The maximum Gasteiger partial charge on any atom is 0.212 e. The van der Waals surface area contributed by atoms with Crippen LogP contribution < -0.4 is 42.3 Å². The van der Waals surface area contributed by atoms with Gasteiger partial charge in [0, 0.05) is 83.9 Å². The van der Waals surface area contributed by atoms with E-state index in [1.807, 2.05) is 111 Å². The fourth-order valence-electron chi connectivity index (χ4n) is 8.70. The molecule has 13 heteroatoms. The fourth-order valence-corrected chi connectivity index (χ4v) is 11.0. The first kappa shape index (κ1) is 37.8. The van der Waals surface area contributed by atoms with E-state index in [9.17, 15) is 0 Å². The zero-order chi connectivity index (χ0) is 38.1. The van der Waals surface area contributed by atoms with E-state index in [-0.39, 0.29) is 55.6 Å². The second-order valence-corrected chi connectivity index (χ2v) is 16.7. The van der Waals surface area contributed by atoms with E-state index >= 15 is 0 Å². The van der Waals surface area contributed by atoms with Crippen molar-refractivity contribution in [3.05, 3.63) is 158 Å². The van der Waals surface area contributed by atoms with Gasteiger partial charge in [0.05, 0.1) is 0 Å². The Kier molecular flexibility index (Phi) is 9.13. The molecule has 3 aromatic heterocycles. The first-order valence-electron chi connectivity index (χ1n) is 18.9. The number of aryl methyl sites for hydroxylation is 1. The van der Waals surface area contributed by atoms with Gasteiger partial charge in [0.15, 0.2) is 0 Å². The Balaban J connectivity index is 0.00000204. The molecule has 0 radical (unpaired) electrons. The van der Waals surface area contributed by atoms with Crippen LogP contribution in [-0.2, 0) is 49.2 Å². The van der Waals surface area contributed by atoms with Crippen molar-refractivity contribution in [3.8, 4) is 56.8 Å². The van der Waals surface area contributed by atoms with E-state index in [0.29, 0.717) is 0 Å². The van der Waals surface area contributed by atoms with E-state index in [1.165, 1.54) is 25.0 Å². The molecule has 292 valence electrons. The molecule has 7 heterocycles. The van der Waals surface area contributed by atoms with Gasteiger partial charge < -0.3 is 31.2 Å².